The second-order valence-corrected chi connectivity index (χ2v) is 9.76. The maximum Gasteiger partial charge on any atom is 0.182 e. The molecule has 0 radical (unpaired) electrons. The fourth-order valence-electron chi connectivity index (χ4n) is 4.99. The van der Waals surface area contributed by atoms with E-state index in [2.05, 4.69) is 32.2 Å². The number of aliphatic hydroxyl groups excluding tert-OH is 1. The number of rotatable bonds is 22. The zero-order chi connectivity index (χ0) is 22.5. The van der Waals surface area contributed by atoms with Crippen molar-refractivity contribution in [2.45, 2.75) is 136 Å². The van der Waals surface area contributed by atoms with Crippen molar-refractivity contribution in [3.05, 3.63) is 12.2 Å². The Kier molecular flexibility index (Phi) is 18.3. The molecule has 31 heavy (non-hydrogen) atoms. The average molecular weight is 436 g/mol. The molecule has 0 saturated carbocycles. The monoisotopic (exact) mass is 435 g/mol. The molecule has 0 fully saturated rings. The maximum atomic E-state index is 9.40. The largest absolute Gasteiger partial charge is 0.391 e. The summed E-state index contributed by atoms with van der Waals surface area (Å²) in [6.45, 7) is 7.76. The van der Waals surface area contributed by atoms with Crippen LogP contribution in [-0.2, 0) is 0 Å². The summed E-state index contributed by atoms with van der Waals surface area (Å²) in [4.78, 5) is 4.73. The molecule has 1 heterocycles. The van der Waals surface area contributed by atoms with Gasteiger partial charge in [-0.25, -0.2) is 4.99 Å². The Hall–Kier alpha value is -0.670. The Bertz CT molecular complexity index is 448. The number of likely N-dealkylation sites (N-methyl/N-ethyl adjacent to an activating group) is 1. The molecule has 1 aliphatic rings. The summed E-state index contributed by atoms with van der Waals surface area (Å²) >= 11 is 0. The molecule has 0 aromatic carbocycles. The summed E-state index contributed by atoms with van der Waals surface area (Å²) in [6.07, 6.45) is 32.0. The van der Waals surface area contributed by atoms with E-state index in [1.807, 2.05) is 0 Å². The number of allylic oxidation sites excluding steroid dienone is 2. The van der Waals surface area contributed by atoms with Crippen molar-refractivity contribution in [2.75, 3.05) is 26.2 Å². The van der Waals surface area contributed by atoms with Gasteiger partial charge in [0.2, 0.25) is 0 Å². The summed E-state index contributed by atoms with van der Waals surface area (Å²) in [5.74, 6) is 0. The van der Waals surface area contributed by atoms with Gasteiger partial charge in [-0.1, -0.05) is 96.1 Å². The highest BCUT2D eigenvalue weighted by Gasteiger charge is 2.36. The van der Waals surface area contributed by atoms with Crippen molar-refractivity contribution in [3.63, 3.8) is 0 Å². The fourth-order valence-corrected chi connectivity index (χ4v) is 4.99. The molecular formula is C28H55N2O+. The van der Waals surface area contributed by atoms with Gasteiger partial charge in [0.25, 0.3) is 0 Å². The highest BCUT2D eigenvalue weighted by Crippen LogP contribution is 2.24. The first-order chi connectivity index (χ1) is 15.3. The van der Waals surface area contributed by atoms with E-state index in [4.69, 9.17) is 4.99 Å². The van der Waals surface area contributed by atoms with E-state index in [0.29, 0.717) is 6.17 Å². The molecule has 182 valence electrons. The molecule has 0 bridgehead atoms. The van der Waals surface area contributed by atoms with E-state index >= 15 is 0 Å². The lowest BCUT2D eigenvalue weighted by molar-refractivity contribution is -0.936. The predicted molar refractivity (Wildman–Crippen MR) is 138 cm³/mol. The van der Waals surface area contributed by atoms with Crippen LogP contribution in [0.25, 0.3) is 0 Å². The van der Waals surface area contributed by atoms with Crippen molar-refractivity contribution in [2.24, 2.45) is 4.99 Å². The van der Waals surface area contributed by atoms with Gasteiger partial charge in [0.05, 0.1) is 19.4 Å². The van der Waals surface area contributed by atoms with Crippen LogP contribution in [0.4, 0.5) is 0 Å². The number of nitrogens with zero attached hydrogens (tertiary/aromatic N) is 2. The van der Waals surface area contributed by atoms with E-state index in [1.54, 1.807) is 0 Å². The molecule has 0 saturated heterocycles. The van der Waals surface area contributed by atoms with Crippen molar-refractivity contribution >= 4 is 6.21 Å². The molecule has 3 heteroatoms. The van der Waals surface area contributed by atoms with E-state index in [-0.39, 0.29) is 6.61 Å². The second-order valence-electron chi connectivity index (χ2n) is 9.76. The van der Waals surface area contributed by atoms with Crippen LogP contribution in [0.1, 0.15) is 129 Å². The highest BCUT2D eigenvalue weighted by molar-refractivity contribution is 5.60. The molecule has 2 atom stereocenters. The SMILES string of the molecule is CCCCCCCCCC/C=C/CCCCCCCCCC1N=CC[N+]1(CC)CCO. The van der Waals surface area contributed by atoms with Crippen molar-refractivity contribution in [1.29, 1.82) is 0 Å². The van der Waals surface area contributed by atoms with Crippen LogP contribution in [0.3, 0.4) is 0 Å². The van der Waals surface area contributed by atoms with Gasteiger partial charge in [0.1, 0.15) is 13.1 Å². The molecule has 0 spiro atoms. The van der Waals surface area contributed by atoms with Crippen LogP contribution < -0.4 is 0 Å². The molecule has 3 nitrogen and oxygen atoms in total. The molecule has 1 rings (SSSR count). The Labute approximate surface area is 195 Å². The number of quaternary nitrogens is 1. The molecule has 0 aliphatic carbocycles. The lowest BCUT2D eigenvalue weighted by Gasteiger charge is -2.37. The minimum Gasteiger partial charge on any atom is -0.391 e. The normalized spacial score (nSPS) is 20.9. The van der Waals surface area contributed by atoms with E-state index in [1.165, 1.54) is 116 Å². The number of hydrogen-bond acceptors (Lipinski definition) is 2. The Morgan fingerprint density at radius 2 is 1.29 bits per heavy atom. The van der Waals surface area contributed by atoms with Gasteiger partial charge in [-0.2, -0.15) is 0 Å². The smallest absolute Gasteiger partial charge is 0.182 e. The number of hydrogen-bond donors (Lipinski definition) is 1. The quantitative estimate of drug-likeness (QED) is 0.105. The van der Waals surface area contributed by atoms with Crippen molar-refractivity contribution in [1.82, 2.24) is 0 Å². The topological polar surface area (TPSA) is 32.6 Å². The van der Waals surface area contributed by atoms with Crippen LogP contribution in [-0.4, -0.2) is 48.2 Å². The summed E-state index contributed by atoms with van der Waals surface area (Å²) in [5.41, 5.74) is 0. The molecule has 0 aromatic heterocycles. The first kappa shape index (κ1) is 28.4. The minimum absolute atomic E-state index is 0.280. The van der Waals surface area contributed by atoms with Gasteiger partial charge >= 0.3 is 0 Å². The van der Waals surface area contributed by atoms with Gasteiger partial charge in [-0.05, 0) is 39.0 Å². The van der Waals surface area contributed by atoms with Crippen molar-refractivity contribution < 1.29 is 9.59 Å². The Morgan fingerprint density at radius 1 is 0.774 bits per heavy atom. The highest BCUT2D eigenvalue weighted by atomic mass is 16.3. The predicted octanol–water partition coefficient (Wildman–Crippen LogP) is 7.82. The first-order valence-electron chi connectivity index (χ1n) is 13.9. The number of unbranched alkanes of at least 4 members (excludes halogenated alkanes) is 15. The van der Waals surface area contributed by atoms with Crippen LogP contribution in [0.2, 0.25) is 0 Å². The minimum atomic E-state index is 0.280. The average Bonchev–Trinajstić information content (AvgIpc) is 3.18. The summed E-state index contributed by atoms with van der Waals surface area (Å²) in [7, 11) is 0. The molecule has 1 aliphatic heterocycles. The standard InChI is InChI=1S/C28H55N2O/c1-3-5-6-7-8-9-10-11-12-13-14-15-16-17-18-19-20-21-22-23-28-29-24-25-30(28,4-2)26-27-31/h13-14,24,28,31H,3-12,15-23,25-27H2,1-2H3/q+1/b14-13+. The first-order valence-corrected chi connectivity index (χ1v) is 13.9. The molecule has 0 aromatic rings. The van der Waals surface area contributed by atoms with E-state index in [0.717, 1.165) is 24.1 Å². The van der Waals surface area contributed by atoms with Crippen LogP contribution >= 0.6 is 0 Å². The van der Waals surface area contributed by atoms with Gasteiger partial charge in [0.15, 0.2) is 6.17 Å². The second kappa shape index (κ2) is 20.0. The van der Waals surface area contributed by atoms with Crippen LogP contribution in [0, 0.1) is 0 Å². The molecule has 0 amide bonds. The summed E-state index contributed by atoms with van der Waals surface area (Å²) in [5, 5.41) is 9.40. The number of aliphatic hydroxyl groups is 1. The van der Waals surface area contributed by atoms with Gasteiger partial charge < -0.3 is 5.11 Å². The van der Waals surface area contributed by atoms with E-state index < -0.39 is 0 Å². The van der Waals surface area contributed by atoms with Gasteiger partial charge in [0, 0.05) is 6.42 Å². The number of aliphatic imine (C=N–C) groups is 1. The van der Waals surface area contributed by atoms with Crippen LogP contribution in [0.5, 0.6) is 0 Å². The summed E-state index contributed by atoms with van der Waals surface area (Å²) in [6, 6.07) is 0. The third kappa shape index (κ3) is 13.5. The fraction of sp³-hybridized carbons (Fsp3) is 0.893. The molecular weight excluding hydrogens is 380 g/mol. The zero-order valence-corrected chi connectivity index (χ0v) is 21.2. The Balaban J connectivity index is 1.84. The third-order valence-corrected chi connectivity index (χ3v) is 7.25. The Morgan fingerprint density at radius 3 is 1.81 bits per heavy atom. The lowest BCUT2D eigenvalue weighted by Crippen LogP contribution is -2.53. The molecule has 1 N–H and O–H groups in total. The maximum absolute atomic E-state index is 9.40. The van der Waals surface area contributed by atoms with Crippen molar-refractivity contribution in [3.8, 4) is 0 Å². The third-order valence-electron chi connectivity index (χ3n) is 7.25. The van der Waals surface area contributed by atoms with Crippen LogP contribution in [0.15, 0.2) is 17.1 Å². The zero-order valence-electron chi connectivity index (χ0n) is 21.2. The van der Waals surface area contributed by atoms with Gasteiger partial charge in [-0.3, -0.25) is 4.48 Å². The van der Waals surface area contributed by atoms with Gasteiger partial charge in [-0.15, -0.1) is 0 Å². The summed E-state index contributed by atoms with van der Waals surface area (Å²) < 4.78 is 0.975. The molecule has 2 unspecified atom stereocenters. The van der Waals surface area contributed by atoms with E-state index in [9.17, 15) is 5.11 Å². The lowest BCUT2D eigenvalue weighted by atomic mass is 10.1.